The van der Waals surface area contributed by atoms with Gasteiger partial charge in [-0.25, -0.2) is 4.98 Å². The molecule has 0 spiro atoms. The Morgan fingerprint density at radius 2 is 2.09 bits per heavy atom. The summed E-state index contributed by atoms with van der Waals surface area (Å²) in [7, 11) is 3.61. The van der Waals surface area contributed by atoms with Crippen molar-refractivity contribution in [2.75, 3.05) is 27.2 Å². The van der Waals surface area contributed by atoms with Crippen molar-refractivity contribution in [1.29, 1.82) is 0 Å². The topological polar surface area (TPSA) is 67.2 Å². The largest absolute Gasteiger partial charge is 0.344 e. The van der Waals surface area contributed by atoms with Gasteiger partial charge in [0, 0.05) is 33.1 Å². The van der Waals surface area contributed by atoms with Gasteiger partial charge in [-0.1, -0.05) is 12.1 Å². The van der Waals surface area contributed by atoms with Gasteiger partial charge in [0.1, 0.15) is 0 Å². The summed E-state index contributed by atoms with van der Waals surface area (Å²) in [5.74, 6) is 0.0188. The molecule has 0 saturated heterocycles. The van der Waals surface area contributed by atoms with E-state index in [1.807, 2.05) is 19.2 Å². The Bertz CT molecular complexity index is 687. The lowest BCUT2D eigenvalue weighted by molar-refractivity contribution is -0.130. The van der Waals surface area contributed by atoms with Crippen molar-refractivity contribution in [2.45, 2.75) is 13.0 Å². The highest BCUT2D eigenvalue weighted by Crippen LogP contribution is 2.05. The number of carbonyl (C=O) groups excluding carboxylic acids is 1. The third-order valence-electron chi connectivity index (χ3n) is 3.42. The number of para-hydroxylation sites is 1. The van der Waals surface area contributed by atoms with E-state index < -0.39 is 0 Å². The minimum Gasteiger partial charge on any atom is -0.344 e. The van der Waals surface area contributed by atoms with Crippen molar-refractivity contribution in [3.05, 3.63) is 40.9 Å². The average molecular weight is 325 g/mol. The van der Waals surface area contributed by atoms with E-state index in [1.165, 1.54) is 10.9 Å². The number of fused-ring (bicyclic) bond motifs is 1. The van der Waals surface area contributed by atoms with E-state index >= 15 is 0 Å². The molecule has 1 amide bonds. The second-order valence-corrected chi connectivity index (χ2v) is 4.93. The quantitative estimate of drug-likeness (QED) is 0.857. The second-order valence-electron chi connectivity index (χ2n) is 4.93. The summed E-state index contributed by atoms with van der Waals surface area (Å²) in [5.41, 5.74) is 0.572. The minimum absolute atomic E-state index is 0. The molecule has 6 nitrogen and oxygen atoms in total. The Morgan fingerprint density at radius 1 is 1.36 bits per heavy atom. The van der Waals surface area contributed by atoms with Gasteiger partial charge < -0.3 is 10.2 Å². The number of hydrogen-bond donors (Lipinski definition) is 1. The number of nitrogens with one attached hydrogen (secondary N) is 1. The summed E-state index contributed by atoms with van der Waals surface area (Å²) in [6.45, 7) is 1.75. The number of amides is 1. The molecule has 7 heteroatoms. The van der Waals surface area contributed by atoms with Gasteiger partial charge in [-0.3, -0.25) is 14.2 Å². The highest BCUT2D eigenvalue weighted by atomic mass is 35.5. The Hall–Kier alpha value is -1.92. The van der Waals surface area contributed by atoms with Crippen LogP contribution in [0.25, 0.3) is 10.9 Å². The van der Waals surface area contributed by atoms with Gasteiger partial charge in [0.15, 0.2) is 0 Å². The molecular weight excluding hydrogens is 304 g/mol. The first-order valence-electron chi connectivity index (χ1n) is 6.96. The smallest absolute Gasteiger partial charge is 0.261 e. The van der Waals surface area contributed by atoms with Gasteiger partial charge in [0.2, 0.25) is 5.91 Å². The molecule has 0 atom stereocenters. The Morgan fingerprint density at radius 3 is 2.82 bits per heavy atom. The lowest BCUT2D eigenvalue weighted by Crippen LogP contribution is -2.34. The van der Waals surface area contributed by atoms with Gasteiger partial charge in [-0.2, -0.15) is 0 Å². The summed E-state index contributed by atoms with van der Waals surface area (Å²) < 4.78 is 1.49. The van der Waals surface area contributed by atoms with Crippen LogP contribution in [0.3, 0.4) is 0 Å². The molecule has 0 unspecified atom stereocenters. The summed E-state index contributed by atoms with van der Waals surface area (Å²) in [6.07, 6.45) is 1.80. The van der Waals surface area contributed by atoms with Gasteiger partial charge >= 0.3 is 0 Å². The Labute approximate surface area is 135 Å². The number of aromatic nitrogens is 2. The zero-order chi connectivity index (χ0) is 15.2. The van der Waals surface area contributed by atoms with Gasteiger partial charge in [-0.15, -0.1) is 12.4 Å². The predicted molar refractivity (Wildman–Crippen MR) is 89.4 cm³/mol. The van der Waals surface area contributed by atoms with Crippen LogP contribution in [0, 0.1) is 0 Å². The number of halogens is 1. The number of nitrogens with zero attached hydrogens (tertiary/aromatic N) is 3. The molecule has 0 aliphatic heterocycles. The van der Waals surface area contributed by atoms with Gasteiger partial charge in [0.25, 0.3) is 5.56 Å². The zero-order valence-electron chi connectivity index (χ0n) is 12.8. The molecule has 1 aromatic carbocycles. The van der Waals surface area contributed by atoms with E-state index in [0.717, 1.165) is 6.54 Å². The second kappa shape index (κ2) is 8.51. The molecule has 120 valence electrons. The number of likely N-dealkylation sites (N-methyl/N-ethyl adjacent to an activating group) is 2. The number of rotatable bonds is 6. The molecule has 1 N–H and O–H groups in total. The van der Waals surface area contributed by atoms with E-state index in [-0.39, 0.29) is 23.9 Å². The first-order chi connectivity index (χ1) is 10.1. The molecular formula is C15H21ClN4O2. The molecule has 0 radical (unpaired) electrons. The van der Waals surface area contributed by atoms with Crippen molar-refractivity contribution in [3.63, 3.8) is 0 Å². The highest BCUT2D eigenvalue weighted by molar-refractivity contribution is 5.85. The molecule has 0 aliphatic carbocycles. The summed E-state index contributed by atoms with van der Waals surface area (Å²) in [6, 6.07) is 7.21. The maximum atomic E-state index is 12.3. The fourth-order valence-corrected chi connectivity index (χ4v) is 2.08. The molecule has 1 heterocycles. The van der Waals surface area contributed by atoms with Crippen molar-refractivity contribution in [3.8, 4) is 0 Å². The maximum Gasteiger partial charge on any atom is 0.261 e. The SMILES string of the molecule is CNCCN(C)C(=O)CCn1cnc2ccccc2c1=O.Cl. The Kier molecular flexibility index (Phi) is 7.01. The maximum absolute atomic E-state index is 12.3. The van der Waals surface area contributed by atoms with Crippen LogP contribution in [-0.2, 0) is 11.3 Å². The fourth-order valence-electron chi connectivity index (χ4n) is 2.08. The summed E-state index contributed by atoms with van der Waals surface area (Å²) >= 11 is 0. The van der Waals surface area contributed by atoms with Crippen LogP contribution < -0.4 is 10.9 Å². The van der Waals surface area contributed by atoms with E-state index in [2.05, 4.69) is 10.3 Å². The lowest BCUT2D eigenvalue weighted by atomic mass is 10.2. The molecule has 1 aromatic heterocycles. The molecule has 2 aromatic rings. The zero-order valence-corrected chi connectivity index (χ0v) is 13.6. The van der Waals surface area contributed by atoms with Gasteiger partial charge in [0.05, 0.1) is 17.2 Å². The van der Waals surface area contributed by atoms with Crippen LogP contribution in [-0.4, -0.2) is 47.5 Å². The van der Waals surface area contributed by atoms with Crippen LogP contribution >= 0.6 is 12.4 Å². The number of benzene rings is 1. The molecule has 0 bridgehead atoms. The van der Waals surface area contributed by atoms with Crippen LogP contribution in [0.5, 0.6) is 0 Å². The van der Waals surface area contributed by atoms with Crippen LogP contribution in [0.2, 0.25) is 0 Å². The molecule has 0 saturated carbocycles. The standard InChI is InChI=1S/C15H20N4O2.ClH/c1-16-8-10-18(2)14(20)7-9-19-11-17-13-6-4-3-5-12(13)15(19)21;/h3-6,11,16H,7-10H2,1-2H3;1H. The lowest BCUT2D eigenvalue weighted by Gasteiger charge is -2.17. The monoisotopic (exact) mass is 324 g/mol. The van der Waals surface area contributed by atoms with Crippen molar-refractivity contribution < 1.29 is 4.79 Å². The van der Waals surface area contributed by atoms with Crippen molar-refractivity contribution >= 4 is 29.2 Å². The number of hydrogen-bond acceptors (Lipinski definition) is 4. The van der Waals surface area contributed by atoms with Crippen LogP contribution in [0.1, 0.15) is 6.42 Å². The molecule has 0 fully saturated rings. The van der Waals surface area contributed by atoms with Gasteiger partial charge in [-0.05, 0) is 19.2 Å². The summed E-state index contributed by atoms with van der Waals surface area (Å²) in [4.78, 5) is 30.1. The first kappa shape index (κ1) is 18.1. The predicted octanol–water partition coefficient (Wildman–Crippen LogP) is 0.886. The summed E-state index contributed by atoms with van der Waals surface area (Å²) in [5, 5.41) is 3.58. The fraction of sp³-hybridized carbons (Fsp3) is 0.400. The first-order valence-corrected chi connectivity index (χ1v) is 6.96. The molecule has 22 heavy (non-hydrogen) atoms. The van der Waals surface area contributed by atoms with Crippen molar-refractivity contribution in [1.82, 2.24) is 19.8 Å². The molecule has 0 aliphatic rings. The van der Waals surface area contributed by atoms with E-state index in [0.29, 0.717) is 30.4 Å². The van der Waals surface area contributed by atoms with E-state index in [9.17, 15) is 9.59 Å². The van der Waals surface area contributed by atoms with Crippen LogP contribution in [0.15, 0.2) is 35.4 Å². The van der Waals surface area contributed by atoms with Crippen LogP contribution in [0.4, 0.5) is 0 Å². The third kappa shape index (κ3) is 4.29. The van der Waals surface area contributed by atoms with Crippen molar-refractivity contribution in [2.24, 2.45) is 0 Å². The average Bonchev–Trinajstić information content (AvgIpc) is 2.52. The third-order valence-corrected chi connectivity index (χ3v) is 3.42. The van der Waals surface area contributed by atoms with E-state index in [4.69, 9.17) is 0 Å². The van der Waals surface area contributed by atoms with E-state index in [1.54, 1.807) is 24.1 Å². The molecule has 2 rings (SSSR count). The number of aryl methyl sites for hydroxylation is 1. The minimum atomic E-state index is -0.105. The number of carbonyl (C=O) groups is 1. The Balaban J connectivity index is 0.00000242. The normalized spacial score (nSPS) is 10.3. The highest BCUT2D eigenvalue weighted by Gasteiger charge is 2.09.